The van der Waals surface area contributed by atoms with Crippen molar-refractivity contribution in [3.05, 3.63) is 29.5 Å². The summed E-state index contributed by atoms with van der Waals surface area (Å²) >= 11 is 1.33. The van der Waals surface area contributed by atoms with Gasteiger partial charge in [0.25, 0.3) is 0 Å². The highest BCUT2D eigenvalue weighted by Crippen LogP contribution is 2.27. The summed E-state index contributed by atoms with van der Waals surface area (Å²) in [5, 5.41) is 13.2. The average Bonchev–Trinajstić information content (AvgIpc) is 3.03. The lowest BCUT2D eigenvalue weighted by atomic mass is 10.2. The number of para-hydroxylation sites is 1. The van der Waals surface area contributed by atoms with Crippen molar-refractivity contribution in [3.63, 3.8) is 0 Å². The van der Waals surface area contributed by atoms with Crippen molar-refractivity contribution in [2.45, 2.75) is 19.8 Å². The van der Waals surface area contributed by atoms with Crippen molar-refractivity contribution in [3.8, 4) is 16.8 Å². The number of H-pyrrole nitrogens is 1. The third-order valence-corrected chi connectivity index (χ3v) is 3.67. The number of hydrogen-bond acceptors (Lipinski definition) is 5. The molecule has 94 valence electrons. The van der Waals surface area contributed by atoms with E-state index in [1.54, 1.807) is 6.07 Å². The minimum absolute atomic E-state index is 0.578. The minimum atomic E-state index is 0.578. The average molecular weight is 269 g/mol. The molecule has 0 bridgehead atoms. The number of rotatable bonds is 3. The molecule has 2 aromatic heterocycles. The van der Waals surface area contributed by atoms with Crippen LogP contribution >= 0.6 is 11.5 Å². The summed E-state index contributed by atoms with van der Waals surface area (Å²) in [5.74, 6) is 0.746. The van der Waals surface area contributed by atoms with Crippen molar-refractivity contribution in [1.82, 2.24) is 19.6 Å². The summed E-state index contributed by atoms with van der Waals surface area (Å²) in [6, 6.07) is 7.69. The van der Waals surface area contributed by atoms with Gasteiger partial charge < -0.3 is 4.98 Å². The van der Waals surface area contributed by atoms with Gasteiger partial charge in [-0.1, -0.05) is 23.9 Å². The van der Waals surface area contributed by atoms with Crippen molar-refractivity contribution >= 4 is 22.6 Å². The van der Waals surface area contributed by atoms with Gasteiger partial charge in [-0.05, 0) is 30.1 Å². The zero-order valence-corrected chi connectivity index (χ0v) is 11.2. The maximum absolute atomic E-state index is 9.09. The Bertz CT molecular complexity index is 765. The second kappa shape index (κ2) is 4.78. The van der Waals surface area contributed by atoms with Crippen LogP contribution in [0.2, 0.25) is 0 Å². The highest BCUT2D eigenvalue weighted by atomic mass is 32.1. The Balaban J connectivity index is 2.16. The third kappa shape index (κ3) is 1.98. The lowest BCUT2D eigenvalue weighted by Crippen LogP contribution is -1.88. The van der Waals surface area contributed by atoms with Crippen LogP contribution in [0, 0.1) is 11.3 Å². The van der Waals surface area contributed by atoms with E-state index in [9.17, 15) is 0 Å². The number of nitrogens with zero attached hydrogens (tertiary/aromatic N) is 4. The van der Waals surface area contributed by atoms with Gasteiger partial charge in [-0.3, -0.25) is 0 Å². The number of nitrogens with one attached hydrogen (secondary N) is 1. The molecule has 3 aromatic rings. The van der Waals surface area contributed by atoms with E-state index in [4.69, 9.17) is 5.26 Å². The zero-order chi connectivity index (χ0) is 13.2. The molecule has 5 nitrogen and oxygen atoms in total. The maximum atomic E-state index is 9.09. The Morgan fingerprint density at radius 1 is 1.42 bits per heavy atom. The standard InChI is InChI=1S/C13H11N5S/c1-2-4-10-12(19-18-17-10)13-15-9-6-3-5-8(7-14)11(9)16-13/h3,5-6H,2,4H2,1H3,(H,15,16). The van der Waals surface area contributed by atoms with Gasteiger partial charge in [0, 0.05) is 0 Å². The molecular weight excluding hydrogens is 258 g/mol. The number of imidazole rings is 1. The van der Waals surface area contributed by atoms with Crippen LogP contribution in [0.15, 0.2) is 18.2 Å². The first-order valence-corrected chi connectivity index (χ1v) is 6.81. The van der Waals surface area contributed by atoms with E-state index < -0.39 is 0 Å². The van der Waals surface area contributed by atoms with Crippen LogP contribution in [0.3, 0.4) is 0 Å². The van der Waals surface area contributed by atoms with E-state index in [-0.39, 0.29) is 0 Å². The molecule has 0 atom stereocenters. The predicted octanol–water partition coefficient (Wildman–Crippen LogP) is 2.91. The molecule has 0 fully saturated rings. The Labute approximate surface area is 114 Å². The first-order chi connectivity index (χ1) is 9.33. The fourth-order valence-corrected chi connectivity index (χ4v) is 2.67. The molecular formula is C13H11N5S. The molecule has 2 heterocycles. The maximum Gasteiger partial charge on any atom is 0.152 e. The van der Waals surface area contributed by atoms with Gasteiger partial charge in [0.05, 0.1) is 16.8 Å². The van der Waals surface area contributed by atoms with Gasteiger partial charge in [0.15, 0.2) is 5.82 Å². The largest absolute Gasteiger partial charge is 0.337 e. The zero-order valence-electron chi connectivity index (χ0n) is 10.3. The number of aromatic nitrogens is 4. The number of fused-ring (bicyclic) bond motifs is 1. The number of hydrogen-bond donors (Lipinski definition) is 1. The molecule has 0 aliphatic heterocycles. The first-order valence-electron chi connectivity index (χ1n) is 6.04. The lowest BCUT2D eigenvalue weighted by Gasteiger charge is -1.94. The fraction of sp³-hybridized carbons (Fsp3) is 0.231. The molecule has 0 radical (unpaired) electrons. The van der Waals surface area contributed by atoms with E-state index >= 15 is 0 Å². The topological polar surface area (TPSA) is 78.2 Å². The molecule has 0 aliphatic carbocycles. The van der Waals surface area contributed by atoms with E-state index in [0.29, 0.717) is 11.1 Å². The van der Waals surface area contributed by atoms with Gasteiger partial charge >= 0.3 is 0 Å². The minimum Gasteiger partial charge on any atom is -0.337 e. The molecule has 0 unspecified atom stereocenters. The smallest absolute Gasteiger partial charge is 0.152 e. The number of nitriles is 1. The molecule has 1 aromatic carbocycles. The molecule has 0 saturated heterocycles. The molecule has 1 N–H and O–H groups in total. The molecule has 0 saturated carbocycles. The molecule has 6 heteroatoms. The molecule has 19 heavy (non-hydrogen) atoms. The Hall–Kier alpha value is -2.26. The van der Waals surface area contributed by atoms with Crippen molar-refractivity contribution in [1.29, 1.82) is 5.26 Å². The number of aryl methyl sites for hydroxylation is 1. The normalized spacial score (nSPS) is 10.7. The predicted molar refractivity (Wildman–Crippen MR) is 73.7 cm³/mol. The first kappa shape index (κ1) is 11.8. The van der Waals surface area contributed by atoms with Gasteiger partial charge in [0.2, 0.25) is 0 Å². The second-order valence-corrected chi connectivity index (χ2v) is 4.95. The SMILES string of the molecule is CCCc1nnsc1-c1nc2c(C#N)cccc2[nH]1. The third-order valence-electron chi connectivity index (χ3n) is 2.89. The Morgan fingerprint density at radius 3 is 3.11 bits per heavy atom. The van der Waals surface area contributed by atoms with E-state index in [2.05, 4.69) is 32.5 Å². The molecule has 0 aliphatic rings. The summed E-state index contributed by atoms with van der Waals surface area (Å²) in [6.45, 7) is 2.11. The van der Waals surface area contributed by atoms with Crippen LogP contribution in [0.1, 0.15) is 24.6 Å². The Morgan fingerprint density at radius 2 is 2.32 bits per heavy atom. The fourth-order valence-electron chi connectivity index (χ4n) is 2.02. The monoisotopic (exact) mass is 269 g/mol. The van der Waals surface area contributed by atoms with Crippen LogP contribution < -0.4 is 0 Å². The van der Waals surface area contributed by atoms with Gasteiger partial charge in [0.1, 0.15) is 16.5 Å². The lowest BCUT2D eigenvalue weighted by molar-refractivity contribution is 0.870. The molecule has 0 amide bonds. The van der Waals surface area contributed by atoms with Crippen LogP contribution in [0.5, 0.6) is 0 Å². The summed E-state index contributed by atoms with van der Waals surface area (Å²) < 4.78 is 4.00. The summed E-state index contributed by atoms with van der Waals surface area (Å²) in [5.41, 5.74) is 3.11. The molecule has 3 rings (SSSR count). The van der Waals surface area contributed by atoms with Crippen molar-refractivity contribution in [2.75, 3.05) is 0 Å². The van der Waals surface area contributed by atoms with E-state index in [1.165, 1.54) is 11.5 Å². The van der Waals surface area contributed by atoms with Crippen LogP contribution in [0.25, 0.3) is 21.7 Å². The summed E-state index contributed by atoms with van der Waals surface area (Å²) in [6.07, 6.45) is 1.90. The second-order valence-electron chi connectivity index (χ2n) is 4.20. The van der Waals surface area contributed by atoms with Crippen molar-refractivity contribution in [2.24, 2.45) is 0 Å². The molecule has 0 spiro atoms. The highest BCUT2D eigenvalue weighted by Gasteiger charge is 2.14. The quantitative estimate of drug-likeness (QED) is 0.793. The van der Waals surface area contributed by atoms with E-state index in [1.807, 2.05) is 12.1 Å². The van der Waals surface area contributed by atoms with Crippen LogP contribution in [-0.2, 0) is 6.42 Å². The van der Waals surface area contributed by atoms with Crippen molar-refractivity contribution < 1.29 is 0 Å². The highest BCUT2D eigenvalue weighted by molar-refractivity contribution is 7.09. The Kier molecular flexibility index (Phi) is 2.97. The van der Waals surface area contributed by atoms with Gasteiger partial charge in [-0.25, -0.2) is 4.98 Å². The van der Waals surface area contributed by atoms with Crippen LogP contribution in [-0.4, -0.2) is 19.6 Å². The summed E-state index contributed by atoms with van der Waals surface area (Å²) in [7, 11) is 0. The van der Waals surface area contributed by atoms with Gasteiger partial charge in [-0.2, -0.15) is 5.26 Å². The number of aromatic amines is 1. The number of benzene rings is 1. The summed E-state index contributed by atoms with van der Waals surface area (Å²) in [4.78, 5) is 8.72. The van der Waals surface area contributed by atoms with E-state index in [0.717, 1.165) is 34.8 Å². The van der Waals surface area contributed by atoms with Crippen LogP contribution in [0.4, 0.5) is 0 Å². The van der Waals surface area contributed by atoms with Gasteiger partial charge in [-0.15, -0.1) is 5.10 Å².